The summed E-state index contributed by atoms with van der Waals surface area (Å²) in [5, 5.41) is 8.02. The average molecular weight is 415 g/mol. The number of aromatic nitrogens is 5. The third-order valence-electron chi connectivity index (χ3n) is 5.21. The zero-order chi connectivity index (χ0) is 19.7. The number of thioether (sulfide) groups is 1. The number of amides is 1. The fraction of sp³-hybridized carbons (Fsp3) is 0.368. The Labute approximate surface area is 172 Å². The highest BCUT2D eigenvalue weighted by Crippen LogP contribution is 2.28. The molecule has 28 heavy (non-hydrogen) atoms. The highest BCUT2D eigenvalue weighted by molar-refractivity contribution is 7.98. The molecule has 9 heteroatoms. The zero-order valence-electron chi connectivity index (χ0n) is 15.8. The molecule has 0 radical (unpaired) electrons. The van der Waals surface area contributed by atoms with Gasteiger partial charge >= 0.3 is 0 Å². The molecule has 1 aliphatic heterocycles. The lowest BCUT2D eigenvalue weighted by molar-refractivity contribution is 0.0701. The van der Waals surface area contributed by atoms with Gasteiger partial charge in [-0.15, -0.1) is 0 Å². The van der Waals surface area contributed by atoms with E-state index in [2.05, 4.69) is 15.2 Å². The van der Waals surface area contributed by atoms with Gasteiger partial charge < -0.3 is 9.47 Å². The van der Waals surface area contributed by atoms with Crippen LogP contribution in [-0.4, -0.2) is 54.5 Å². The number of imidazole rings is 1. The van der Waals surface area contributed by atoms with E-state index >= 15 is 0 Å². The Morgan fingerprint density at radius 1 is 1.25 bits per heavy atom. The largest absolute Gasteiger partial charge is 0.337 e. The molecule has 146 valence electrons. The van der Waals surface area contributed by atoms with Crippen molar-refractivity contribution in [2.24, 2.45) is 7.05 Å². The number of piperidine rings is 1. The second-order valence-electron chi connectivity index (χ2n) is 6.81. The van der Waals surface area contributed by atoms with E-state index in [0.717, 1.165) is 29.5 Å². The summed E-state index contributed by atoms with van der Waals surface area (Å²) < 4.78 is 4.49. The van der Waals surface area contributed by atoms with Crippen LogP contribution in [0.25, 0.3) is 5.69 Å². The van der Waals surface area contributed by atoms with Crippen LogP contribution in [0.2, 0.25) is 0 Å². The summed E-state index contributed by atoms with van der Waals surface area (Å²) in [6.45, 7) is 1.38. The Bertz CT molecular complexity index is 1030. The molecule has 1 amide bonds. The highest BCUT2D eigenvalue weighted by atomic mass is 32.2. The van der Waals surface area contributed by atoms with E-state index in [0.29, 0.717) is 29.5 Å². The van der Waals surface area contributed by atoms with E-state index in [4.69, 9.17) is 12.2 Å². The lowest BCUT2D eigenvalue weighted by atomic mass is 9.96. The SMILES string of the molecule is CSc1ncc(C(=O)N2CCC(c3n[nH]c(=S)n3C)CC2)n1-c1ccccc1. The van der Waals surface area contributed by atoms with Gasteiger partial charge in [0, 0.05) is 31.7 Å². The number of nitrogens with zero attached hydrogens (tertiary/aromatic N) is 5. The summed E-state index contributed by atoms with van der Waals surface area (Å²) in [4.78, 5) is 19.6. The van der Waals surface area contributed by atoms with Crippen molar-refractivity contribution in [2.75, 3.05) is 19.3 Å². The van der Waals surface area contributed by atoms with E-state index in [9.17, 15) is 4.79 Å². The second-order valence-corrected chi connectivity index (χ2v) is 7.97. The van der Waals surface area contributed by atoms with Crippen LogP contribution in [-0.2, 0) is 7.05 Å². The summed E-state index contributed by atoms with van der Waals surface area (Å²) in [6.07, 6.45) is 5.39. The Morgan fingerprint density at radius 3 is 2.57 bits per heavy atom. The first kappa shape index (κ1) is 18.9. The molecule has 0 aliphatic carbocycles. The first-order chi connectivity index (χ1) is 13.6. The quantitative estimate of drug-likeness (QED) is 0.523. The van der Waals surface area contributed by atoms with Crippen molar-refractivity contribution >= 4 is 29.9 Å². The van der Waals surface area contributed by atoms with Gasteiger partial charge in [0.25, 0.3) is 5.91 Å². The van der Waals surface area contributed by atoms with Crippen LogP contribution in [0.3, 0.4) is 0 Å². The van der Waals surface area contributed by atoms with Gasteiger partial charge in [-0.1, -0.05) is 30.0 Å². The van der Waals surface area contributed by atoms with Gasteiger partial charge in [-0.05, 0) is 43.4 Å². The third kappa shape index (κ3) is 3.40. The Balaban J connectivity index is 1.54. The molecule has 0 spiro atoms. The first-order valence-corrected chi connectivity index (χ1v) is 10.8. The normalized spacial score (nSPS) is 15.1. The predicted molar refractivity (Wildman–Crippen MR) is 112 cm³/mol. The number of hydrogen-bond donors (Lipinski definition) is 1. The number of carbonyl (C=O) groups excluding carboxylic acids is 1. The van der Waals surface area contributed by atoms with Crippen LogP contribution >= 0.6 is 24.0 Å². The van der Waals surface area contributed by atoms with Gasteiger partial charge in [0.2, 0.25) is 0 Å². The van der Waals surface area contributed by atoms with Crippen molar-refractivity contribution in [1.29, 1.82) is 0 Å². The minimum absolute atomic E-state index is 0.0189. The molecule has 2 aromatic heterocycles. The molecule has 1 aromatic carbocycles. The Morgan fingerprint density at radius 2 is 1.96 bits per heavy atom. The molecule has 1 aliphatic rings. The highest BCUT2D eigenvalue weighted by Gasteiger charge is 2.29. The van der Waals surface area contributed by atoms with E-state index in [-0.39, 0.29) is 5.91 Å². The van der Waals surface area contributed by atoms with Crippen LogP contribution in [0.15, 0.2) is 41.7 Å². The molecule has 0 saturated carbocycles. The molecule has 1 fully saturated rings. The molecule has 1 saturated heterocycles. The molecule has 0 bridgehead atoms. The van der Waals surface area contributed by atoms with Gasteiger partial charge in [0.05, 0.1) is 6.20 Å². The predicted octanol–water partition coefficient (Wildman–Crippen LogP) is 3.41. The minimum atomic E-state index is 0.0189. The summed E-state index contributed by atoms with van der Waals surface area (Å²) in [7, 11) is 1.93. The molecule has 0 unspecified atom stereocenters. The van der Waals surface area contributed by atoms with Crippen molar-refractivity contribution in [3.8, 4) is 5.69 Å². The van der Waals surface area contributed by atoms with Gasteiger partial charge in [-0.2, -0.15) is 5.10 Å². The molecular weight excluding hydrogens is 392 g/mol. The number of nitrogens with one attached hydrogen (secondary N) is 1. The van der Waals surface area contributed by atoms with Crippen LogP contribution in [0, 0.1) is 4.77 Å². The summed E-state index contributed by atoms with van der Waals surface area (Å²) in [5.41, 5.74) is 1.55. The molecule has 0 atom stereocenters. The lowest BCUT2D eigenvalue weighted by Gasteiger charge is -2.31. The maximum absolute atomic E-state index is 13.2. The topological polar surface area (TPSA) is 71.7 Å². The molecular formula is C19H22N6OS2. The van der Waals surface area contributed by atoms with E-state index in [1.165, 1.54) is 11.8 Å². The van der Waals surface area contributed by atoms with Crippen LogP contribution in [0.4, 0.5) is 0 Å². The third-order valence-corrected chi connectivity index (χ3v) is 6.23. The Hall–Kier alpha value is -2.39. The van der Waals surface area contributed by atoms with Crippen molar-refractivity contribution in [3.05, 3.63) is 52.8 Å². The Kier molecular flexibility index (Phi) is 5.36. The average Bonchev–Trinajstić information content (AvgIpc) is 3.32. The summed E-state index contributed by atoms with van der Waals surface area (Å²) in [5.74, 6) is 1.30. The number of likely N-dealkylation sites (tertiary alicyclic amines) is 1. The number of para-hydroxylation sites is 1. The standard InChI is InChI=1S/C19H22N6OS2/c1-23-16(21-22-18(23)27)13-8-10-24(11-9-13)17(26)15-12-20-19(28-2)25(15)14-6-4-3-5-7-14/h3-7,12-13H,8-11H2,1-2H3,(H,22,27). The number of benzene rings is 1. The molecule has 4 rings (SSSR count). The van der Waals surface area contributed by atoms with Gasteiger partial charge in [-0.25, -0.2) is 4.98 Å². The molecule has 1 N–H and O–H groups in total. The van der Waals surface area contributed by atoms with E-state index < -0.39 is 0 Å². The lowest BCUT2D eigenvalue weighted by Crippen LogP contribution is -2.39. The summed E-state index contributed by atoms with van der Waals surface area (Å²) in [6, 6.07) is 9.89. The van der Waals surface area contributed by atoms with E-state index in [1.807, 2.05) is 57.7 Å². The van der Waals surface area contributed by atoms with Crippen molar-refractivity contribution < 1.29 is 4.79 Å². The first-order valence-electron chi connectivity index (χ1n) is 9.18. The van der Waals surface area contributed by atoms with E-state index in [1.54, 1.807) is 6.20 Å². The number of hydrogen-bond acceptors (Lipinski definition) is 5. The second kappa shape index (κ2) is 7.92. The summed E-state index contributed by atoms with van der Waals surface area (Å²) >= 11 is 6.75. The maximum atomic E-state index is 13.2. The number of aromatic amines is 1. The zero-order valence-corrected chi connectivity index (χ0v) is 17.5. The smallest absolute Gasteiger partial charge is 0.272 e. The van der Waals surface area contributed by atoms with Gasteiger partial charge in [0.1, 0.15) is 11.5 Å². The fourth-order valence-electron chi connectivity index (χ4n) is 3.68. The molecule has 3 heterocycles. The molecule has 3 aromatic rings. The van der Waals surface area contributed by atoms with Crippen molar-refractivity contribution in [3.63, 3.8) is 0 Å². The van der Waals surface area contributed by atoms with Crippen LogP contribution in [0.1, 0.15) is 35.1 Å². The van der Waals surface area contributed by atoms with Crippen molar-refractivity contribution in [2.45, 2.75) is 23.9 Å². The fourth-order valence-corrected chi connectivity index (χ4v) is 4.37. The molecule has 7 nitrogen and oxygen atoms in total. The van der Waals surface area contributed by atoms with Gasteiger partial charge in [-0.3, -0.25) is 14.5 Å². The number of H-pyrrole nitrogens is 1. The van der Waals surface area contributed by atoms with Gasteiger partial charge in [0.15, 0.2) is 9.93 Å². The maximum Gasteiger partial charge on any atom is 0.272 e. The monoisotopic (exact) mass is 414 g/mol. The van der Waals surface area contributed by atoms with Crippen molar-refractivity contribution in [1.82, 2.24) is 29.2 Å². The number of carbonyl (C=O) groups is 1. The van der Waals surface area contributed by atoms with Crippen LogP contribution in [0.5, 0.6) is 0 Å². The van der Waals surface area contributed by atoms with Crippen LogP contribution < -0.4 is 0 Å². The number of rotatable bonds is 4. The minimum Gasteiger partial charge on any atom is -0.337 e.